The monoisotopic (exact) mass is 349 g/mol. The molecular formula is C15H12ClN3O5. The van der Waals surface area contributed by atoms with Gasteiger partial charge in [0.2, 0.25) is 0 Å². The number of hydrazine groups is 1. The molecule has 2 N–H and O–H groups in total. The number of ether oxygens (including phenoxy) is 1. The SMILES string of the molecule is COC(=O)c1ccc(NNC(=O)c2ccc(Cl)cc2)c([N+](=O)[O-])c1. The van der Waals surface area contributed by atoms with Crippen LogP contribution >= 0.6 is 11.6 Å². The second-order valence-corrected chi connectivity index (χ2v) is 5.00. The molecular weight excluding hydrogens is 338 g/mol. The molecule has 8 nitrogen and oxygen atoms in total. The van der Waals surface area contributed by atoms with Crippen LogP contribution in [0.15, 0.2) is 42.5 Å². The first-order valence-corrected chi connectivity index (χ1v) is 6.99. The maximum atomic E-state index is 12.0. The van der Waals surface area contributed by atoms with Gasteiger partial charge in [-0.1, -0.05) is 11.6 Å². The van der Waals surface area contributed by atoms with Crippen LogP contribution < -0.4 is 10.9 Å². The average Bonchev–Trinajstić information content (AvgIpc) is 2.59. The van der Waals surface area contributed by atoms with E-state index < -0.39 is 16.8 Å². The van der Waals surface area contributed by atoms with E-state index in [0.29, 0.717) is 10.6 Å². The number of hydrogen-bond acceptors (Lipinski definition) is 6. The standard InChI is InChI=1S/C15H12ClN3O5/c1-24-15(21)10-4-7-12(13(8-10)19(22)23)17-18-14(20)9-2-5-11(16)6-3-9/h2-8,17H,1H3,(H,18,20). The Morgan fingerprint density at radius 1 is 1.12 bits per heavy atom. The minimum Gasteiger partial charge on any atom is -0.465 e. The van der Waals surface area contributed by atoms with Gasteiger partial charge in [-0.3, -0.25) is 25.8 Å². The van der Waals surface area contributed by atoms with Gasteiger partial charge in [-0.2, -0.15) is 0 Å². The molecule has 0 unspecified atom stereocenters. The first-order valence-electron chi connectivity index (χ1n) is 6.61. The summed E-state index contributed by atoms with van der Waals surface area (Å²) in [7, 11) is 1.17. The smallest absolute Gasteiger partial charge is 0.338 e. The fourth-order valence-electron chi connectivity index (χ4n) is 1.83. The molecule has 0 atom stereocenters. The van der Waals surface area contributed by atoms with E-state index >= 15 is 0 Å². The summed E-state index contributed by atoms with van der Waals surface area (Å²) in [5.41, 5.74) is 4.79. The molecule has 2 aromatic carbocycles. The molecule has 0 radical (unpaired) electrons. The van der Waals surface area contributed by atoms with Gasteiger partial charge >= 0.3 is 5.97 Å². The fourth-order valence-corrected chi connectivity index (χ4v) is 1.96. The molecule has 0 saturated heterocycles. The van der Waals surface area contributed by atoms with Gasteiger partial charge in [0.1, 0.15) is 5.69 Å². The lowest BCUT2D eigenvalue weighted by atomic mass is 10.2. The van der Waals surface area contributed by atoms with Crippen LogP contribution in [0.3, 0.4) is 0 Å². The molecule has 0 spiro atoms. The number of anilines is 1. The summed E-state index contributed by atoms with van der Waals surface area (Å²) >= 11 is 5.74. The summed E-state index contributed by atoms with van der Waals surface area (Å²) in [6.45, 7) is 0. The Hall–Kier alpha value is -3.13. The van der Waals surface area contributed by atoms with Crippen LogP contribution in [0.1, 0.15) is 20.7 Å². The highest BCUT2D eigenvalue weighted by molar-refractivity contribution is 6.30. The minimum atomic E-state index is -0.699. The van der Waals surface area contributed by atoms with Gasteiger partial charge in [0.25, 0.3) is 11.6 Å². The third kappa shape index (κ3) is 3.99. The number of nitro groups is 1. The zero-order chi connectivity index (χ0) is 17.7. The third-order valence-electron chi connectivity index (χ3n) is 3.03. The van der Waals surface area contributed by atoms with E-state index in [0.717, 1.165) is 6.07 Å². The van der Waals surface area contributed by atoms with E-state index in [4.69, 9.17) is 11.6 Å². The summed E-state index contributed by atoms with van der Waals surface area (Å²) in [5.74, 6) is -1.20. The first-order chi connectivity index (χ1) is 11.4. The zero-order valence-corrected chi connectivity index (χ0v) is 13.2. The topological polar surface area (TPSA) is 111 Å². The first kappa shape index (κ1) is 17.2. The number of nitro benzene ring substituents is 1. The van der Waals surface area contributed by atoms with Crippen LogP contribution in [0.25, 0.3) is 0 Å². The van der Waals surface area contributed by atoms with Crippen molar-refractivity contribution < 1.29 is 19.2 Å². The maximum Gasteiger partial charge on any atom is 0.338 e. The number of hydrogen-bond donors (Lipinski definition) is 2. The second-order valence-electron chi connectivity index (χ2n) is 4.57. The summed E-state index contributed by atoms with van der Waals surface area (Å²) in [4.78, 5) is 33.8. The van der Waals surface area contributed by atoms with Crippen LogP contribution in [0.2, 0.25) is 5.02 Å². The van der Waals surface area contributed by atoms with E-state index in [1.54, 1.807) is 12.1 Å². The molecule has 1 amide bonds. The van der Waals surface area contributed by atoms with Crippen molar-refractivity contribution in [3.05, 3.63) is 68.7 Å². The molecule has 0 saturated carbocycles. The summed E-state index contributed by atoms with van der Waals surface area (Å²) in [5, 5.41) is 11.6. The largest absolute Gasteiger partial charge is 0.465 e. The number of halogens is 1. The van der Waals surface area contributed by atoms with Crippen LogP contribution in [0, 0.1) is 10.1 Å². The number of nitrogens with zero attached hydrogens (tertiary/aromatic N) is 1. The highest BCUT2D eigenvalue weighted by atomic mass is 35.5. The summed E-state index contributed by atoms with van der Waals surface area (Å²) in [6, 6.07) is 9.81. The number of benzene rings is 2. The molecule has 2 rings (SSSR count). The molecule has 0 fully saturated rings. The Morgan fingerprint density at radius 3 is 2.33 bits per heavy atom. The molecule has 0 bridgehead atoms. The molecule has 124 valence electrons. The van der Waals surface area contributed by atoms with E-state index in [-0.39, 0.29) is 16.9 Å². The Morgan fingerprint density at radius 2 is 1.75 bits per heavy atom. The lowest BCUT2D eigenvalue weighted by Crippen LogP contribution is -2.29. The van der Waals surface area contributed by atoms with Gasteiger partial charge in [0.15, 0.2) is 0 Å². The van der Waals surface area contributed by atoms with Gasteiger partial charge in [-0.25, -0.2) is 4.79 Å². The van der Waals surface area contributed by atoms with Crippen LogP contribution in [-0.2, 0) is 4.74 Å². The van der Waals surface area contributed by atoms with Gasteiger partial charge in [0.05, 0.1) is 17.6 Å². The molecule has 0 heterocycles. The van der Waals surface area contributed by atoms with Crippen molar-refractivity contribution in [3.63, 3.8) is 0 Å². The molecule has 0 aromatic heterocycles. The van der Waals surface area contributed by atoms with E-state index in [1.165, 1.54) is 31.4 Å². The molecule has 2 aromatic rings. The van der Waals surface area contributed by atoms with Crippen molar-refractivity contribution in [2.45, 2.75) is 0 Å². The zero-order valence-electron chi connectivity index (χ0n) is 12.4. The number of esters is 1. The normalized spacial score (nSPS) is 9.92. The number of methoxy groups -OCH3 is 1. The molecule has 0 aliphatic carbocycles. The number of nitrogens with one attached hydrogen (secondary N) is 2. The van der Waals surface area contributed by atoms with Gasteiger partial charge < -0.3 is 4.74 Å². The number of carbonyl (C=O) groups excluding carboxylic acids is 2. The minimum absolute atomic E-state index is 0.0231. The maximum absolute atomic E-state index is 12.0. The van der Waals surface area contributed by atoms with E-state index in [9.17, 15) is 19.7 Å². The van der Waals surface area contributed by atoms with Gasteiger partial charge in [-0.05, 0) is 36.4 Å². The fraction of sp³-hybridized carbons (Fsp3) is 0.0667. The Balaban J connectivity index is 2.17. The third-order valence-corrected chi connectivity index (χ3v) is 3.28. The number of rotatable bonds is 5. The van der Waals surface area contributed by atoms with Crippen molar-refractivity contribution in [1.82, 2.24) is 5.43 Å². The predicted molar refractivity (Wildman–Crippen MR) is 87.0 cm³/mol. The quantitative estimate of drug-likeness (QED) is 0.488. The summed E-state index contributed by atoms with van der Waals surface area (Å²) in [6.07, 6.45) is 0. The lowest BCUT2D eigenvalue weighted by molar-refractivity contribution is -0.384. The Kier molecular flexibility index (Phi) is 5.33. The van der Waals surface area contributed by atoms with E-state index in [1.807, 2.05) is 0 Å². The van der Waals surface area contributed by atoms with Crippen molar-refractivity contribution in [3.8, 4) is 0 Å². The Bertz CT molecular complexity index is 792. The van der Waals surface area contributed by atoms with Crippen LogP contribution in [0.4, 0.5) is 11.4 Å². The van der Waals surface area contributed by atoms with Crippen LogP contribution in [-0.4, -0.2) is 23.9 Å². The van der Waals surface area contributed by atoms with Gasteiger partial charge in [-0.15, -0.1) is 0 Å². The van der Waals surface area contributed by atoms with Crippen molar-refractivity contribution in [1.29, 1.82) is 0 Å². The van der Waals surface area contributed by atoms with Crippen molar-refractivity contribution >= 4 is 34.9 Å². The average molecular weight is 350 g/mol. The Labute approximate surface area is 141 Å². The van der Waals surface area contributed by atoms with Gasteiger partial charge in [0, 0.05) is 16.7 Å². The predicted octanol–water partition coefficient (Wildman–Crippen LogP) is 2.79. The highest BCUT2D eigenvalue weighted by Crippen LogP contribution is 2.25. The number of carbonyl (C=O) groups is 2. The van der Waals surface area contributed by atoms with E-state index in [2.05, 4.69) is 15.6 Å². The van der Waals surface area contributed by atoms with Crippen molar-refractivity contribution in [2.75, 3.05) is 12.5 Å². The second kappa shape index (κ2) is 7.42. The molecule has 24 heavy (non-hydrogen) atoms. The van der Waals surface area contributed by atoms with Crippen LogP contribution in [0.5, 0.6) is 0 Å². The lowest BCUT2D eigenvalue weighted by Gasteiger charge is -2.10. The highest BCUT2D eigenvalue weighted by Gasteiger charge is 2.18. The molecule has 0 aliphatic heterocycles. The number of amides is 1. The van der Waals surface area contributed by atoms with Crippen molar-refractivity contribution in [2.24, 2.45) is 0 Å². The summed E-state index contributed by atoms with van der Waals surface area (Å²) < 4.78 is 4.51. The molecule has 0 aliphatic rings. The molecule has 9 heteroatoms.